The molecule has 0 saturated heterocycles. The summed E-state index contributed by atoms with van der Waals surface area (Å²) < 4.78 is 0. The molecule has 5 nitrogen and oxygen atoms in total. The summed E-state index contributed by atoms with van der Waals surface area (Å²) >= 11 is 0. The number of amides is 1. The van der Waals surface area contributed by atoms with E-state index in [4.69, 9.17) is 0 Å². The minimum atomic E-state index is -0.225. The van der Waals surface area contributed by atoms with Crippen LogP contribution in [0.5, 0.6) is 0 Å². The third-order valence-corrected chi connectivity index (χ3v) is 3.08. The number of rotatable bonds is 3. The normalized spacial score (nSPS) is 14.1. The zero-order valence-electron chi connectivity index (χ0n) is 10.2. The number of H-pyrrole nitrogens is 1. The third-order valence-electron chi connectivity index (χ3n) is 3.08. The highest BCUT2D eigenvalue weighted by molar-refractivity contribution is 5.94. The van der Waals surface area contributed by atoms with Crippen molar-refractivity contribution in [2.75, 3.05) is 5.32 Å². The number of nitrogens with one attached hydrogen (secondary N) is 2. The van der Waals surface area contributed by atoms with Gasteiger partial charge in [-0.05, 0) is 31.0 Å². The topological polar surface area (TPSA) is 74.8 Å². The zero-order chi connectivity index (χ0) is 13.2. The van der Waals surface area contributed by atoms with Crippen molar-refractivity contribution >= 4 is 11.6 Å². The van der Waals surface area contributed by atoms with Crippen LogP contribution in [0.3, 0.4) is 0 Å². The van der Waals surface area contributed by atoms with Gasteiger partial charge >= 0.3 is 0 Å². The molecule has 5 heteroatoms. The van der Waals surface area contributed by atoms with Crippen molar-refractivity contribution in [2.45, 2.75) is 12.8 Å². The quantitative estimate of drug-likeness (QED) is 0.878. The summed E-state index contributed by atoms with van der Waals surface area (Å²) in [6.07, 6.45) is 1.98. The number of aromatic amines is 1. The van der Waals surface area contributed by atoms with E-state index in [-0.39, 0.29) is 17.4 Å². The Hall–Kier alpha value is -2.43. The molecule has 1 aromatic carbocycles. The molecule has 1 fully saturated rings. The predicted octanol–water partition coefficient (Wildman–Crippen LogP) is 1.79. The van der Waals surface area contributed by atoms with E-state index >= 15 is 0 Å². The van der Waals surface area contributed by atoms with Crippen LogP contribution in [0.1, 0.15) is 12.8 Å². The summed E-state index contributed by atoms with van der Waals surface area (Å²) in [4.78, 5) is 22.5. The van der Waals surface area contributed by atoms with Gasteiger partial charge < -0.3 is 5.32 Å². The summed E-state index contributed by atoms with van der Waals surface area (Å²) in [6.45, 7) is 0. The van der Waals surface area contributed by atoms with E-state index in [2.05, 4.69) is 15.5 Å². The first-order valence-electron chi connectivity index (χ1n) is 6.19. The van der Waals surface area contributed by atoms with E-state index in [9.17, 15) is 9.59 Å². The van der Waals surface area contributed by atoms with Crippen LogP contribution in [-0.4, -0.2) is 16.1 Å². The Kier molecular flexibility index (Phi) is 2.87. The summed E-state index contributed by atoms with van der Waals surface area (Å²) in [5.74, 6) is 0.287. The van der Waals surface area contributed by atoms with Crippen LogP contribution in [0, 0.1) is 5.92 Å². The van der Waals surface area contributed by atoms with Crippen LogP contribution in [0.4, 0.5) is 5.69 Å². The van der Waals surface area contributed by atoms with Gasteiger partial charge in [-0.15, -0.1) is 0 Å². The number of aromatic nitrogens is 2. The standard InChI is InChI=1S/C14H13N3O2/c18-13-8-7-12(16-17-13)9-3-5-11(6-4-9)15-14(19)10-1-2-10/h3-8,10H,1-2H2,(H,15,19)(H,17,18). The molecule has 1 saturated carbocycles. The molecule has 2 aromatic rings. The molecule has 0 aliphatic heterocycles. The summed E-state index contributed by atoms with van der Waals surface area (Å²) in [5, 5.41) is 9.22. The van der Waals surface area contributed by atoms with Gasteiger partial charge in [0.2, 0.25) is 5.91 Å². The van der Waals surface area contributed by atoms with Gasteiger partial charge in [0.15, 0.2) is 0 Å². The Labute approximate surface area is 109 Å². The number of hydrogen-bond acceptors (Lipinski definition) is 3. The van der Waals surface area contributed by atoms with Gasteiger partial charge in [-0.3, -0.25) is 9.59 Å². The van der Waals surface area contributed by atoms with E-state index in [0.717, 1.165) is 24.1 Å². The van der Waals surface area contributed by atoms with Crippen LogP contribution in [0.2, 0.25) is 0 Å². The predicted molar refractivity (Wildman–Crippen MR) is 71.6 cm³/mol. The Morgan fingerprint density at radius 2 is 1.89 bits per heavy atom. The fourth-order valence-electron chi connectivity index (χ4n) is 1.82. The highest BCUT2D eigenvalue weighted by atomic mass is 16.2. The number of carbonyl (C=O) groups is 1. The average Bonchev–Trinajstić information content (AvgIpc) is 3.25. The van der Waals surface area contributed by atoms with Crippen molar-refractivity contribution in [3.63, 3.8) is 0 Å². The Bertz CT molecular complexity index is 637. The maximum atomic E-state index is 11.6. The molecule has 1 aliphatic rings. The minimum absolute atomic E-state index is 0.0925. The van der Waals surface area contributed by atoms with Crippen molar-refractivity contribution in [1.82, 2.24) is 10.2 Å². The van der Waals surface area contributed by atoms with Crippen molar-refractivity contribution in [3.05, 3.63) is 46.8 Å². The second-order valence-electron chi connectivity index (χ2n) is 4.65. The van der Waals surface area contributed by atoms with Gasteiger partial charge in [-0.2, -0.15) is 5.10 Å². The number of carbonyl (C=O) groups excluding carboxylic acids is 1. The summed E-state index contributed by atoms with van der Waals surface area (Å²) in [7, 11) is 0. The molecule has 0 unspecified atom stereocenters. The molecule has 1 aliphatic carbocycles. The van der Waals surface area contributed by atoms with Crippen molar-refractivity contribution in [1.29, 1.82) is 0 Å². The van der Waals surface area contributed by atoms with Gasteiger partial charge in [0.1, 0.15) is 0 Å². The lowest BCUT2D eigenvalue weighted by Gasteiger charge is -2.05. The molecule has 3 rings (SSSR count). The van der Waals surface area contributed by atoms with E-state index < -0.39 is 0 Å². The van der Waals surface area contributed by atoms with Crippen LogP contribution in [0.25, 0.3) is 11.3 Å². The van der Waals surface area contributed by atoms with Gasteiger partial charge in [0.05, 0.1) is 5.69 Å². The molecule has 1 amide bonds. The van der Waals surface area contributed by atoms with E-state index in [1.165, 1.54) is 6.07 Å². The van der Waals surface area contributed by atoms with Crippen molar-refractivity contribution in [2.24, 2.45) is 5.92 Å². The largest absolute Gasteiger partial charge is 0.326 e. The molecule has 0 atom stereocenters. The number of benzene rings is 1. The van der Waals surface area contributed by atoms with Gasteiger partial charge in [0.25, 0.3) is 5.56 Å². The first-order valence-corrected chi connectivity index (χ1v) is 6.19. The number of anilines is 1. The van der Waals surface area contributed by atoms with E-state index in [1.54, 1.807) is 6.07 Å². The van der Waals surface area contributed by atoms with E-state index in [0.29, 0.717) is 5.69 Å². The highest BCUT2D eigenvalue weighted by Crippen LogP contribution is 2.30. The fraction of sp³-hybridized carbons (Fsp3) is 0.214. The third kappa shape index (κ3) is 2.70. The second kappa shape index (κ2) is 4.68. The molecule has 1 aromatic heterocycles. The first kappa shape index (κ1) is 11.6. The maximum absolute atomic E-state index is 11.6. The van der Waals surface area contributed by atoms with Crippen LogP contribution >= 0.6 is 0 Å². The van der Waals surface area contributed by atoms with E-state index in [1.807, 2.05) is 24.3 Å². The highest BCUT2D eigenvalue weighted by Gasteiger charge is 2.29. The first-order chi connectivity index (χ1) is 9.22. The summed E-state index contributed by atoms with van der Waals surface area (Å²) in [6, 6.07) is 10.5. The lowest BCUT2D eigenvalue weighted by atomic mass is 10.1. The smallest absolute Gasteiger partial charge is 0.264 e. The summed E-state index contributed by atoms with van der Waals surface area (Å²) in [5.41, 5.74) is 2.14. The number of nitrogens with zero attached hydrogens (tertiary/aromatic N) is 1. The second-order valence-corrected chi connectivity index (χ2v) is 4.65. The molecule has 0 bridgehead atoms. The lowest BCUT2D eigenvalue weighted by Crippen LogP contribution is -2.13. The minimum Gasteiger partial charge on any atom is -0.326 e. The Morgan fingerprint density at radius 1 is 1.16 bits per heavy atom. The zero-order valence-corrected chi connectivity index (χ0v) is 10.2. The SMILES string of the molecule is O=C(Nc1ccc(-c2ccc(=O)[nH]n2)cc1)C1CC1. The van der Waals surface area contributed by atoms with Gasteiger partial charge in [0, 0.05) is 23.2 Å². The lowest BCUT2D eigenvalue weighted by molar-refractivity contribution is -0.117. The fourth-order valence-corrected chi connectivity index (χ4v) is 1.82. The molecular weight excluding hydrogens is 242 g/mol. The molecule has 19 heavy (non-hydrogen) atoms. The van der Waals surface area contributed by atoms with Crippen LogP contribution < -0.4 is 10.9 Å². The Morgan fingerprint density at radius 3 is 2.47 bits per heavy atom. The molecule has 0 spiro atoms. The number of hydrogen-bond donors (Lipinski definition) is 2. The Balaban J connectivity index is 1.76. The molecular formula is C14H13N3O2. The van der Waals surface area contributed by atoms with Gasteiger partial charge in [-0.25, -0.2) is 5.10 Å². The van der Waals surface area contributed by atoms with Crippen molar-refractivity contribution in [3.8, 4) is 11.3 Å². The van der Waals surface area contributed by atoms with Crippen molar-refractivity contribution < 1.29 is 4.79 Å². The molecule has 2 N–H and O–H groups in total. The maximum Gasteiger partial charge on any atom is 0.264 e. The average molecular weight is 255 g/mol. The molecule has 1 heterocycles. The molecule has 0 radical (unpaired) electrons. The van der Waals surface area contributed by atoms with Crippen LogP contribution in [0.15, 0.2) is 41.2 Å². The van der Waals surface area contributed by atoms with Gasteiger partial charge in [-0.1, -0.05) is 12.1 Å². The monoisotopic (exact) mass is 255 g/mol. The molecule has 96 valence electrons. The van der Waals surface area contributed by atoms with Crippen LogP contribution in [-0.2, 0) is 4.79 Å².